The van der Waals surface area contributed by atoms with Crippen LogP contribution in [0.15, 0.2) is 71.3 Å². The van der Waals surface area contributed by atoms with E-state index in [1.165, 1.54) is 12.0 Å². The van der Waals surface area contributed by atoms with Gasteiger partial charge in [0.2, 0.25) is 23.7 Å². The molecule has 2 atom stereocenters. The van der Waals surface area contributed by atoms with Crippen LogP contribution in [0.3, 0.4) is 0 Å². The SMILES string of the molecule is CC[C@@H]1C(=O)N(C)c2cnc(Nc3ccc(C(=O)NCCOCCOCCNc4cccc5c4CN(C4CCC(=O)NC4=O)C5=O)cc3OC)nc2N1Cc1ccc(Br)cc1. The Morgan fingerprint density at radius 2 is 1.74 bits per heavy atom. The third-order valence-corrected chi connectivity index (χ3v) is 11.3. The number of amides is 5. The lowest BCUT2D eigenvalue weighted by atomic mass is 10.0. The summed E-state index contributed by atoms with van der Waals surface area (Å²) < 4.78 is 18.0. The topological polar surface area (TPSA) is 197 Å². The number of benzene rings is 3. The van der Waals surface area contributed by atoms with Crippen LogP contribution in [-0.2, 0) is 36.9 Å². The molecule has 0 saturated carbocycles. The van der Waals surface area contributed by atoms with Crippen molar-refractivity contribution in [2.24, 2.45) is 0 Å². The van der Waals surface area contributed by atoms with Crippen molar-refractivity contribution < 1.29 is 38.2 Å². The largest absolute Gasteiger partial charge is 0.495 e. The molecular formula is C43H48BrN9O8. The van der Waals surface area contributed by atoms with Gasteiger partial charge in [0.1, 0.15) is 23.5 Å². The lowest BCUT2D eigenvalue weighted by Crippen LogP contribution is -2.52. The fraction of sp³-hybridized carbons (Fsp3) is 0.372. The number of imide groups is 1. The highest BCUT2D eigenvalue weighted by molar-refractivity contribution is 9.10. The van der Waals surface area contributed by atoms with E-state index in [1.54, 1.807) is 48.5 Å². The fourth-order valence-electron chi connectivity index (χ4n) is 7.59. The standard InChI is InChI=1S/C43H48BrN9O8/c1-4-33-42(58)51(2)35-23-47-43(50-38(35)52(33)24-26-8-11-28(44)12-9-26)48-32-13-10-27(22-36(32)59-3)39(55)46-17-19-61-21-20-60-18-16-45-31-7-5-6-29-30(31)25-53(41(29)57)34-14-15-37(54)49-40(34)56/h5-13,22-23,33-34,45H,4,14-21,24-25H2,1-3H3,(H,46,55)(H,47,48,50)(H,49,54,56)/t33-,34?/m1/s1. The van der Waals surface area contributed by atoms with Gasteiger partial charge in [-0.2, -0.15) is 4.98 Å². The van der Waals surface area contributed by atoms with Crippen molar-refractivity contribution >= 4 is 74.3 Å². The Morgan fingerprint density at radius 1 is 0.967 bits per heavy atom. The summed E-state index contributed by atoms with van der Waals surface area (Å²) in [6, 6.07) is 17.4. The Labute approximate surface area is 361 Å². The maximum Gasteiger partial charge on any atom is 0.255 e. The second-order valence-electron chi connectivity index (χ2n) is 14.7. The molecule has 17 nitrogen and oxygen atoms in total. The smallest absolute Gasteiger partial charge is 0.255 e. The van der Waals surface area contributed by atoms with Crippen LogP contribution in [0.25, 0.3) is 0 Å². The highest BCUT2D eigenvalue weighted by atomic mass is 79.9. The van der Waals surface area contributed by atoms with E-state index >= 15 is 0 Å². The molecule has 1 unspecified atom stereocenters. The summed E-state index contributed by atoms with van der Waals surface area (Å²) in [6.07, 6.45) is 2.75. The Morgan fingerprint density at radius 3 is 2.48 bits per heavy atom. The summed E-state index contributed by atoms with van der Waals surface area (Å²) in [5, 5.41) is 11.7. The van der Waals surface area contributed by atoms with Crippen molar-refractivity contribution in [1.82, 2.24) is 25.5 Å². The molecule has 320 valence electrons. The highest BCUT2D eigenvalue weighted by Gasteiger charge is 2.40. The number of piperidine rings is 1. The summed E-state index contributed by atoms with van der Waals surface area (Å²) in [5.74, 6) is 0.0555. The molecule has 4 aromatic rings. The molecule has 3 aliphatic rings. The first-order valence-electron chi connectivity index (χ1n) is 20.1. The minimum absolute atomic E-state index is 0.0227. The minimum Gasteiger partial charge on any atom is -0.495 e. The quantitative estimate of drug-likeness (QED) is 0.0812. The number of rotatable bonds is 18. The van der Waals surface area contributed by atoms with Crippen LogP contribution < -0.4 is 35.8 Å². The number of halogens is 1. The first kappa shape index (κ1) is 43.0. The first-order valence-corrected chi connectivity index (χ1v) is 20.9. The number of aromatic nitrogens is 2. The third kappa shape index (κ3) is 9.77. The van der Waals surface area contributed by atoms with E-state index in [-0.39, 0.29) is 49.7 Å². The molecule has 0 radical (unpaired) electrons. The number of methoxy groups -OCH3 is 1. The van der Waals surface area contributed by atoms with Gasteiger partial charge in [-0.25, -0.2) is 4.98 Å². The van der Waals surface area contributed by atoms with Crippen molar-refractivity contribution in [2.75, 3.05) is 74.1 Å². The average Bonchev–Trinajstić information content (AvgIpc) is 3.60. The van der Waals surface area contributed by atoms with Crippen molar-refractivity contribution in [3.63, 3.8) is 0 Å². The molecule has 18 heteroatoms. The van der Waals surface area contributed by atoms with E-state index in [0.717, 1.165) is 21.3 Å². The number of carbonyl (C=O) groups is 5. The number of nitrogens with one attached hydrogen (secondary N) is 4. The second kappa shape index (κ2) is 19.5. The summed E-state index contributed by atoms with van der Waals surface area (Å²) >= 11 is 3.49. The maximum atomic E-state index is 13.3. The van der Waals surface area contributed by atoms with Gasteiger partial charge in [-0.3, -0.25) is 29.3 Å². The monoisotopic (exact) mass is 897 g/mol. The second-order valence-corrected chi connectivity index (χ2v) is 15.6. The van der Waals surface area contributed by atoms with Gasteiger partial charge in [0.05, 0.1) is 45.4 Å². The molecule has 1 saturated heterocycles. The van der Waals surface area contributed by atoms with E-state index in [4.69, 9.17) is 19.2 Å². The van der Waals surface area contributed by atoms with E-state index in [1.807, 2.05) is 42.2 Å². The van der Waals surface area contributed by atoms with Crippen LogP contribution in [0.1, 0.15) is 58.0 Å². The molecule has 61 heavy (non-hydrogen) atoms. The molecule has 1 aromatic heterocycles. The molecule has 0 bridgehead atoms. The van der Waals surface area contributed by atoms with Crippen molar-refractivity contribution in [2.45, 2.75) is 51.4 Å². The van der Waals surface area contributed by atoms with Gasteiger partial charge < -0.3 is 44.9 Å². The average molecular weight is 899 g/mol. The normalized spacial score (nSPS) is 17.2. The number of nitrogens with zero attached hydrogens (tertiary/aromatic N) is 5. The molecule has 0 spiro atoms. The molecule has 0 aliphatic carbocycles. The number of anilines is 5. The van der Waals surface area contributed by atoms with E-state index in [9.17, 15) is 24.0 Å². The zero-order valence-electron chi connectivity index (χ0n) is 34.2. The summed E-state index contributed by atoms with van der Waals surface area (Å²) in [5.41, 5.74) is 4.75. The van der Waals surface area contributed by atoms with Crippen molar-refractivity contribution in [1.29, 1.82) is 0 Å². The summed E-state index contributed by atoms with van der Waals surface area (Å²) in [6.45, 7) is 4.88. The molecule has 4 heterocycles. The van der Waals surface area contributed by atoms with E-state index in [0.29, 0.717) is 85.8 Å². The van der Waals surface area contributed by atoms with Crippen molar-refractivity contribution in [3.05, 3.63) is 93.6 Å². The molecule has 7 rings (SSSR count). The summed E-state index contributed by atoms with van der Waals surface area (Å²) in [4.78, 5) is 77.9. The number of carbonyl (C=O) groups excluding carboxylic acids is 5. The van der Waals surface area contributed by atoms with Gasteiger partial charge in [-0.05, 0) is 60.9 Å². The van der Waals surface area contributed by atoms with Crippen LogP contribution >= 0.6 is 15.9 Å². The Bertz CT molecular complexity index is 2290. The van der Waals surface area contributed by atoms with Crippen molar-refractivity contribution in [3.8, 4) is 5.75 Å². The van der Waals surface area contributed by atoms with Crippen LogP contribution in [-0.4, -0.2) is 110 Å². The lowest BCUT2D eigenvalue weighted by Gasteiger charge is -2.40. The molecule has 5 amide bonds. The molecule has 3 aromatic carbocycles. The Balaban J connectivity index is 0.841. The van der Waals surface area contributed by atoms with Crippen LogP contribution in [0.5, 0.6) is 5.75 Å². The highest BCUT2D eigenvalue weighted by Crippen LogP contribution is 2.37. The number of hydrogen-bond donors (Lipinski definition) is 4. The molecule has 3 aliphatic heterocycles. The van der Waals surface area contributed by atoms with Gasteiger partial charge in [0.25, 0.3) is 11.8 Å². The molecular weight excluding hydrogens is 850 g/mol. The van der Waals surface area contributed by atoms with Gasteiger partial charge in [-0.15, -0.1) is 0 Å². The van der Waals surface area contributed by atoms with E-state index in [2.05, 4.69) is 42.2 Å². The number of likely N-dealkylation sites (N-methyl/N-ethyl adjacent to an activating group) is 1. The third-order valence-electron chi connectivity index (χ3n) is 10.8. The zero-order valence-corrected chi connectivity index (χ0v) is 35.7. The fourth-order valence-corrected chi connectivity index (χ4v) is 7.85. The molecule has 1 fully saturated rings. The van der Waals surface area contributed by atoms with Crippen LogP contribution in [0.2, 0.25) is 0 Å². The van der Waals surface area contributed by atoms with Gasteiger partial charge in [0, 0.05) is 66.5 Å². The Hall–Kier alpha value is -6.11. The van der Waals surface area contributed by atoms with E-state index < -0.39 is 18.0 Å². The first-order chi connectivity index (χ1) is 29.6. The van der Waals surface area contributed by atoms with Gasteiger partial charge >= 0.3 is 0 Å². The number of fused-ring (bicyclic) bond motifs is 2. The number of hydrogen-bond acceptors (Lipinski definition) is 13. The summed E-state index contributed by atoms with van der Waals surface area (Å²) in [7, 11) is 3.25. The minimum atomic E-state index is -0.668. The zero-order chi connectivity index (χ0) is 43.0. The maximum absolute atomic E-state index is 13.3. The lowest BCUT2D eigenvalue weighted by molar-refractivity contribution is -0.137. The molecule has 4 N–H and O–H groups in total. The van der Waals surface area contributed by atoms with Gasteiger partial charge in [0.15, 0.2) is 5.82 Å². The number of ether oxygens (including phenoxy) is 3. The predicted octanol–water partition coefficient (Wildman–Crippen LogP) is 4.39. The van der Waals surface area contributed by atoms with Crippen LogP contribution in [0.4, 0.5) is 28.8 Å². The Kier molecular flexibility index (Phi) is 13.8. The van der Waals surface area contributed by atoms with Gasteiger partial charge in [-0.1, -0.05) is 41.1 Å². The predicted molar refractivity (Wildman–Crippen MR) is 231 cm³/mol. The van der Waals surface area contributed by atoms with Crippen LogP contribution in [0, 0.1) is 0 Å².